The molecule has 1 aliphatic rings. The highest BCUT2D eigenvalue weighted by molar-refractivity contribution is 14.1. The summed E-state index contributed by atoms with van der Waals surface area (Å²) in [6.07, 6.45) is 1.40. The molecule has 0 radical (unpaired) electrons. The van der Waals surface area contributed by atoms with Gasteiger partial charge in [-0.1, -0.05) is 26.8 Å². The van der Waals surface area contributed by atoms with Gasteiger partial charge >= 0.3 is 11.9 Å². The monoisotopic (exact) mass is 416 g/mol. The largest absolute Gasteiger partial charge is 0.507 e. The Morgan fingerprint density at radius 2 is 1.73 bits per heavy atom. The second kappa shape index (κ2) is 5.57. The van der Waals surface area contributed by atoms with E-state index in [2.05, 4.69) is 0 Å². The number of carbonyl (C=O) groups is 2. The van der Waals surface area contributed by atoms with E-state index >= 15 is 0 Å². The molecule has 1 N–H and O–H groups in total. The van der Waals surface area contributed by atoms with Crippen molar-refractivity contribution in [2.24, 2.45) is 5.41 Å². The van der Waals surface area contributed by atoms with Crippen LogP contribution >= 0.6 is 22.6 Å². The smallest absolute Gasteiger partial charge is 0.348 e. The molecule has 1 saturated heterocycles. The molecule has 0 aromatic heterocycles. The lowest BCUT2D eigenvalue weighted by atomic mass is 9.85. The number of carbonyl (C=O) groups excluding carboxylic acids is 2. The third-order valence-electron chi connectivity index (χ3n) is 3.66. The number of rotatable bonds is 1. The maximum Gasteiger partial charge on any atom is 0.348 e. The van der Waals surface area contributed by atoms with E-state index in [1.54, 1.807) is 19.1 Å². The molecule has 0 saturated carbocycles. The number of esters is 2. The van der Waals surface area contributed by atoms with Crippen LogP contribution in [0.25, 0.3) is 6.08 Å². The molecule has 0 spiro atoms. The molecule has 1 heterocycles. The highest BCUT2D eigenvalue weighted by Crippen LogP contribution is 2.39. The van der Waals surface area contributed by atoms with Gasteiger partial charge in [0.05, 0.1) is 3.57 Å². The van der Waals surface area contributed by atoms with Gasteiger partial charge < -0.3 is 14.6 Å². The van der Waals surface area contributed by atoms with Crippen molar-refractivity contribution in [2.75, 3.05) is 0 Å². The number of hydrogen-bond acceptors (Lipinski definition) is 5. The molecule has 0 amide bonds. The fourth-order valence-corrected chi connectivity index (χ4v) is 2.31. The van der Waals surface area contributed by atoms with E-state index in [4.69, 9.17) is 9.47 Å². The lowest BCUT2D eigenvalue weighted by Gasteiger charge is -2.42. The van der Waals surface area contributed by atoms with Crippen molar-refractivity contribution >= 4 is 40.6 Å². The van der Waals surface area contributed by atoms with Gasteiger partial charge in [-0.3, -0.25) is 0 Å². The predicted molar refractivity (Wildman–Crippen MR) is 88.8 cm³/mol. The first kappa shape index (κ1) is 16.8. The van der Waals surface area contributed by atoms with Crippen LogP contribution in [0.4, 0.5) is 0 Å². The summed E-state index contributed by atoms with van der Waals surface area (Å²) < 4.78 is 11.3. The minimum atomic E-state index is -1.30. The van der Waals surface area contributed by atoms with Crippen LogP contribution in [0.15, 0.2) is 23.8 Å². The Bertz CT molecular complexity index is 650. The first-order valence-electron chi connectivity index (χ1n) is 6.70. The molecule has 0 bridgehead atoms. The zero-order valence-corrected chi connectivity index (χ0v) is 14.9. The normalized spacial score (nSPS) is 22.1. The van der Waals surface area contributed by atoms with Crippen LogP contribution in [0.5, 0.6) is 5.75 Å². The molecule has 22 heavy (non-hydrogen) atoms. The molecular formula is C16H17IO5. The van der Waals surface area contributed by atoms with Crippen molar-refractivity contribution in [3.05, 3.63) is 32.9 Å². The van der Waals surface area contributed by atoms with Crippen LogP contribution in [0.2, 0.25) is 0 Å². The summed E-state index contributed by atoms with van der Waals surface area (Å²) in [5.74, 6) is -2.59. The summed E-state index contributed by atoms with van der Waals surface area (Å²) in [5.41, 5.74) is -0.105. The van der Waals surface area contributed by atoms with Gasteiger partial charge in [0.25, 0.3) is 5.79 Å². The molecule has 2 rings (SSSR count). The zero-order chi connectivity index (χ0) is 16.7. The molecule has 1 aliphatic heterocycles. The molecule has 6 heteroatoms. The van der Waals surface area contributed by atoms with Gasteiger partial charge in [0, 0.05) is 12.3 Å². The van der Waals surface area contributed by atoms with Crippen molar-refractivity contribution in [1.29, 1.82) is 0 Å². The van der Waals surface area contributed by atoms with E-state index < -0.39 is 23.1 Å². The first-order valence-corrected chi connectivity index (χ1v) is 7.78. The van der Waals surface area contributed by atoms with Crippen molar-refractivity contribution in [1.82, 2.24) is 0 Å². The van der Waals surface area contributed by atoms with Crippen LogP contribution in [0.3, 0.4) is 0 Å². The average molecular weight is 416 g/mol. The molecule has 1 fully saturated rings. The van der Waals surface area contributed by atoms with Crippen molar-refractivity contribution in [3.8, 4) is 5.75 Å². The predicted octanol–water partition coefficient (Wildman–Crippen LogP) is 3.24. The Balaban J connectivity index is 2.35. The van der Waals surface area contributed by atoms with Crippen molar-refractivity contribution < 1.29 is 24.2 Å². The van der Waals surface area contributed by atoms with E-state index in [-0.39, 0.29) is 11.3 Å². The van der Waals surface area contributed by atoms with Crippen LogP contribution in [0.1, 0.15) is 33.3 Å². The average Bonchev–Trinajstić information content (AvgIpc) is 2.36. The molecule has 118 valence electrons. The fraction of sp³-hybridized carbons (Fsp3) is 0.375. The minimum Gasteiger partial charge on any atom is -0.507 e. The van der Waals surface area contributed by atoms with Crippen molar-refractivity contribution in [2.45, 2.75) is 33.5 Å². The molecule has 0 aliphatic carbocycles. The van der Waals surface area contributed by atoms with Crippen LogP contribution in [0, 0.1) is 8.99 Å². The quantitative estimate of drug-likeness (QED) is 0.330. The van der Waals surface area contributed by atoms with E-state index in [0.29, 0.717) is 9.13 Å². The Morgan fingerprint density at radius 3 is 2.18 bits per heavy atom. The summed E-state index contributed by atoms with van der Waals surface area (Å²) in [6, 6.07) is 4.75. The number of phenols is 1. The second-order valence-corrected chi connectivity index (χ2v) is 7.41. The number of hydrogen-bond donors (Lipinski definition) is 1. The standard InChI is InChI=1S/C16H17IO5/c1-15(2,3)16(4)21-13(19)10(14(20)22-16)7-9-5-6-12(18)11(17)8-9/h5-8,18H,1-4H3. The lowest BCUT2D eigenvalue weighted by Crippen LogP contribution is -2.52. The van der Waals surface area contributed by atoms with Crippen LogP contribution in [-0.2, 0) is 19.1 Å². The molecular weight excluding hydrogens is 399 g/mol. The van der Waals surface area contributed by atoms with Gasteiger partial charge in [-0.05, 0) is 46.4 Å². The van der Waals surface area contributed by atoms with Gasteiger partial charge in [0.1, 0.15) is 11.3 Å². The summed E-state index contributed by atoms with van der Waals surface area (Å²) in [7, 11) is 0. The van der Waals surface area contributed by atoms with Crippen LogP contribution < -0.4 is 0 Å². The van der Waals surface area contributed by atoms with Gasteiger partial charge in [-0.15, -0.1) is 0 Å². The molecule has 1 aromatic rings. The van der Waals surface area contributed by atoms with E-state index in [0.717, 1.165) is 0 Å². The Kier molecular flexibility index (Phi) is 4.25. The van der Waals surface area contributed by atoms with E-state index in [1.165, 1.54) is 12.1 Å². The topological polar surface area (TPSA) is 72.8 Å². The highest BCUT2D eigenvalue weighted by Gasteiger charge is 2.50. The minimum absolute atomic E-state index is 0.136. The number of cyclic esters (lactones) is 2. The van der Waals surface area contributed by atoms with E-state index in [9.17, 15) is 14.7 Å². The number of ether oxygens (including phenoxy) is 2. The zero-order valence-electron chi connectivity index (χ0n) is 12.8. The lowest BCUT2D eigenvalue weighted by molar-refractivity contribution is -0.261. The van der Waals surface area contributed by atoms with Gasteiger partial charge in [-0.25, -0.2) is 9.59 Å². The third-order valence-corrected chi connectivity index (χ3v) is 4.52. The first-order chi connectivity index (χ1) is 10.0. The number of aromatic hydroxyl groups is 1. The number of halogens is 1. The fourth-order valence-electron chi connectivity index (χ4n) is 1.77. The van der Waals surface area contributed by atoms with Crippen molar-refractivity contribution in [3.63, 3.8) is 0 Å². The summed E-state index contributed by atoms with van der Waals surface area (Å²) in [4.78, 5) is 24.4. The summed E-state index contributed by atoms with van der Waals surface area (Å²) in [5, 5.41) is 9.50. The van der Waals surface area contributed by atoms with E-state index in [1.807, 2.05) is 43.4 Å². The highest BCUT2D eigenvalue weighted by atomic mass is 127. The third kappa shape index (κ3) is 3.11. The Morgan fingerprint density at radius 1 is 1.18 bits per heavy atom. The molecule has 0 atom stereocenters. The van der Waals surface area contributed by atoms with Gasteiger partial charge in [0.2, 0.25) is 0 Å². The van der Waals surface area contributed by atoms with Gasteiger partial charge in [-0.2, -0.15) is 0 Å². The Hall–Kier alpha value is -1.57. The molecule has 1 aromatic carbocycles. The van der Waals surface area contributed by atoms with Crippen LogP contribution in [-0.4, -0.2) is 22.8 Å². The number of phenolic OH excluding ortho intramolecular Hbond substituents is 1. The maximum absolute atomic E-state index is 12.2. The summed E-state index contributed by atoms with van der Waals surface area (Å²) in [6.45, 7) is 7.04. The second-order valence-electron chi connectivity index (χ2n) is 6.24. The maximum atomic E-state index is 12.2. The SMILES string of the molecule is CC(C)(C)C1(C)OC(=O)C(=Cc2ccc(O)c(I)c2)C(=O)O1. The molecule has 5 nitrogen and oxygen atoms in total. The van der Waals surface area contributed by atoms with Gasteiger partial charge in [0.15, 0.2) is 0 Å². The molecule has 0 unspecified atom stereocenters. The summed E-state index contributed by atoms with van der Waals surface area (Å²) >= 11 is 1.96. The Labute approximate surface area is 142 Å². The number of benzene rings is 1.